The van der Waals surface area contributed by atoms with E-state index in [2.05, 4.69) is 47.4 Å². The molecule has 0 saturated heterocycles. The Morgan fingerprint density at radius 3 is 0.761 bits per heavy atom. The lowest BCUT2D eigenvalue weighted by atomic mass is 9.65. The zero-order valence-corrected chi connectivity index (χ0v) is 36.5. The van der Waals surface area contributed by atoms with E-state index in [1.807, 2.05) is 22.3 Å². The lowest BCUT2D eigenvalue weighted by molar-refractivity contribution is 0.430. The van der Waals surface area contributed by atoms with Crippen molar-refractivity contribution >= 4 is 275 Å². The van der Waals surface area contributed by atoms with Gasteiger partial charge in [0.05, 0.1) is 12.1 Å². The van der Waals surface area contributed by atoms with E-state index in [1.54, 1.807) is 270 Å². The second kappa shape index (κ2) is 6.20. The first-order valence-corrected chi connectivity index (χ1v) is 27.0. The average Bonchev–Trinajstić information content (AvgIpc) is 4.35. The van der Waals surface area contributed by atoms with Gasteiger partial charge in [0.25, 0.3) is 0 Å². The summed E-state index contributed by atoms with van der Waals surface area (Å²) >= 11 is 0. The monoisotopic (exact) mass is 867 g/mol. The Morgan fingerprint density at radius 1 is 0.197 bits per heavy atom. The van der Waals surface area contributed by atoms with Gasteiger partial charge >= 0.3 is 0 Å². The number of hydrogen-bond acceptors (Lipinski definition) is 1. The topological polar surface area (TPSA) is 3.24 Å². The summed E-state index contributed by atoms with van der Waals surface area (Å²) in [5, 5.41) is 84.3. The van der Waals surface area contributed by atoms with E-state index in [0.717, 1.165) is 0 Å². The third-order valence-electron chi connectivity index (χ3n) is 26.1. The molecule has 6 unspecified atom stereocenters. The van der Waals surface area contributed by atoms with E-state index in [-0.39, 0.29) is 12.1 Å². The van der Waals surface area contributed by atoms with Gasteiger partial charge in [0, 0.05) is 29.4 Å². The van der Waals surface area contributed by atoms with Gasteiger partial charge in [0.15, 0.2) is 0 Å². The highest BCUT2D eigenvalue weighted by Crippen LogP contribution is 2.86. The Hall–Kier alpha value is -8.52. The number of nitrogens with zero attached hydrogens (tertiary/aromatic N) is 1. The van der Waals surface area contributed by atoms with Gasteiger partial charge in [-0.05, 0) is 315 Å². The molecule has 27 aromatic rings. The molecule has 1 nitrogen and oxygen atoms in total. The van der Waals surface area contributed by atoms with Crippen LogP contribution in [0.1, 0.15) is 69.1 Å². The van der Waals surface area contributed by atoms with E-state index >= 15 is 0 Å². The van der Waals surface area contributed by atoms with Crippen molar-refractivity contribution in [3.05, 3.63) is 75.8 Å². The first kappa shape index (κ1) is 26.5. The van der Waals surface area contributed by atoms with Gasteiger partial charge in [-0.15, -0.1) is 0 Å². The van der Waals surface area contributed by atoms with Gasteiger partial charge in [-0.3, -0.25) is 0 Å². The van der Waals surface area contributed by atoms with Crippen LogP contribution < -0.4 is 4.90 Å². The van der Waals surface area contributed by atoms with E-state index in [1.165, 1.54) is 16.5 Å². The molecule has 1 heterocycles. The fourth-order valence-electron chi connectivity index (χ4n) is 26.0. The van der Waals surface area contributed by atoms with E-state index in [9.17, 15) is 0 Å². The Bertz CT molecular complexity index is 7020. The molecule has 0 spiro atoms. The Labute approximate surface area is 389 Å². The molecule has 5 aliphatic carbocycles. The number of hydrogen-bond donors (Lipinski definition) is 0. The van der Waals surface area contributed by atoms with Gasteiger partial charge in [-0.25, -0.2) is 0 Å². The molecule has 0 saturated carbocycles. The molecule has 1 heteroatoms. The maximum Gasteiger partial charge on any atom is 0.0636 e. The third kappa shape index (κ3) is 1.51. The minimum Gasteiger partial charge on any atom is -0.356 e. The van der Waals surface area contributed by atoms with Crippen LogP contribution in [0.3, 0.4) is 0 Å². The van der Waals surface area contributed by atoms with E-state index in [4.69, 9.17) is 0 Å². The van der Waals surface area contributed by atoms with Crippen LogP contribution in [0.15, 0.2) is 42.5 Å². The fraction of sp³-hybridized carbons (Fsp3) is 0.0857. The summed E-state index contributed by atoms with van der Waals surface area (Å²) in [5.74, 6) is 1.70. The normalized spacial score (nSPS) is 24.9. The van der Waals surface area contributed by atoms with Crippen LogP contribution in [-0.4, -0.2) is 0 Å². The molecule has 0 fully saturated rings. The molecule has 6 atom stereocenters. The number of anilines is 1. The van der Waals surface area contributed by atoms with Crippen molar-refractivity contribution in [3.63, 3.8) is 0 Å². The second-order valence-electron chi connectivity index (χ2n) is 26.4. The molecular weight excluding hydrogens is 855 g/mol. The van der Waals surface area contributed by atoms with Gasteiger partial charge < -0.3 is 4.90 Å². The zero-order valence-electron chi connectivity index (χ0n) is 36.5. The van der Waals surface area contributed by atoms with Gasteiger partial charge in [0.2, 0.25) is 0 Å². The average molecular weight is 868 g/mol. The highest BCUT2D eigenvalue weighted by atomic mass is 15.2. The lowest BCUT2D eigenvalue weighted by Gasteiger charge is -2.51. The van der Waals surface area contributed by atoms with Crippen molar-refractivity contribution in [1.29, 1.82) is 0 Å². The summed E-state index contributed by atoms with van der Waals surface area (Å²) in [6, 6.07) is 17.6. The second-order valence-corrected chi connectivity index (χ2v) is 26.4. The summed E-state index contributed by atoms with van der Waals surface area (Å²) in [6.07, 6.45) is 0. The predicted molar refractivity (Wildman–Crippen MR) is 298 cm³/mol. The summed E-state index contributed by atoms with van der Waals surface area (Å²) in [7, 11) is 0. The van der Waals surface area contributed by atoms with Crippen LogP contribution in [0.2, 0.25) is 0 Å². The van der Waals surface area contributed by atoms with E-state index in [0.29, 0.717) is 23.7 Å². The summed E-state index contributed by atoms with van der Waals surface area (Å²) in [5.41, 5.74) is 12.3. The number of rotatable bonds is 1. The molecule has 1 aliphatic heterocycles. The molecule has 0 aromatic heterocycles. The molecular formula is C70H13N. The molecule has 6 aliphatic rings. The summed E-state index contributed by atoms with van der Waals surface area (Å²) in [4.78, 5) is 3.22. The van der Waals surface area contributed by atoms with Crippen LogP contribution in [0.5, 0.6) is 0 Å². The Morgan fingerprint density at radius 2 is 0.437 bits per heavy atom. The summed E-state index contributed by atoms with van der Waals surface area (Å²) in [6.45, 7) is 0. The van der Waals surface area contributed by atoms with Crippen molar-refractivity contribution in [3.8, 4) is 0 Å². The molecule has 33 rings (SSSR count). The third-order valence-corrected chi connectivity index (χ3v) is 26.1. The van der Waals surface area contributed by atoms with Crippen molar-refractivity contribution in [2.45, 2.75) is 35.8 Å². The smallest absolute Gasteiger partial charge is 0.0636 e. The van der Waals surface area contributed by atoms with Crippen molar-refractivity contribution < 1.29 is 0 Å². The maximum absolute atomic E-state index is 3.22. The highest BCUT2D eigenvalue weighted by Gasteiger charge is 2.67. The van der Waals surface area contributed by atoms with Crippen molar-refractivity contribution in [2.75, 3.05) is 4.90 Å². The van der Waals surface area contributed by atoms with Crippen LogP contribution in [0.4, 0.5) is 5.69 Å². The molecule has 0 bridgehead atoms. The van der Waals surface area contributed by atoms with Crippen molar-refractivity contribution in [2.24, 2.45) is 0 Å². The number of benzene rings is 18. The minimum absolute atomic E-state index is 0.271. The molecule has 298 valence electrons. The van der Waals surface area contributed by atoms with Crippen LogP contribution in [-0.2, 0) is 0 Å². The van der Waals surface area contributed by atoms with E-state index < -0.39 is 0 Å². The summed E-state index contributed by atoms with van der Waals surface area (Å²) < 4.78 is 0. The molecule has 71 heavy (non-hydrogen) atoms. The molecule has 0 radical (unpaired) electrons. The first-order chi connectivity index (χ1) is 35.4. The minimum atomic E-state index is 0.271. The lowest BCUT2D eigenvalue weighted by Crippen LogP contribution is -2.41. The van der Waals surface area contributed by atoms with Crippen LogP contribution in [0, 0.1) is 0 Å². The van der Waals surface area contributed by atoms with Gasteiger partial charge in [0.1, 0.15) is 0 Å². The van der Waals surface area contributed by atoms with Crippen molar-refractivity contribution in [1.82, 2.24) is 0 Å². The van der Waals surface area contributed by atoms with Gasteiger partial charge in [-0.2, -0.15) is 0 Å². The highest BCUT2D eigenvalue weighted by molar-refractivity contribution is 6.79. The van der Waals surface area contributed by atoms with Crippen LogP contribution in [0.25, 0.3) is 269 Å². The molecule has 0 amide bonds. The Kier molecular flexibility index (Phi) is 2.31. The number of fused-ring (bicyclic) bond motifs is 6. The standard InChI is InChI=1S/C70H13N/c1-2-4-9-7-10(6-5-8(9)3-1)71-69-65-58-51-39-31-22-13-11-12-14-17(13)26-33(31)41-42-34(26)32-23(14)25-21-16(12)19-18-15(11)20-24(22)37(39)45-43-29(20)27(18)35-36-28(19)30(21)44-46-38(25)40(32)52-54(42)63(62(65)53(41)51)66-59(52)57(46)61-50(44)48(36)55-47(35)49(43)60(56(45)58)67(69)64(55)68(61)70(66)71/h1-7,62-63,65-66,69-70H. The zero-order chi connectivity index (χ0) is 41.9. The Balaban J connectivity index is 1.11. The molecule has 0 N–H and O–H groups in total. The fourth-order valence-corrected chi connectivity index (χ4v) is 26.0. The maximum atomic E-state index is 3.22. The quantitative estimate of drug-likeness (QED) is 0.149. The largest absolute Gasteiger partial charge is 0.356 e. The predicted octanol–water partition coefficient (Wildman–Crippen LogP) is 19.0. The van der Waals surface area contributed by atoms with Gasteiger partial charge in [-0.1, -0.05) is 30.3 Å². The van der Waals surface area contributed by atoms with Crippen LogP contribution >= 0.6 is 0 Å². The molecule has 27 aromatic carbocycles. The SMILES string of the molecule is c1ccc2cc(N3C4c5c6c7c8c9c%10c%11c%12c%13c%14c%15c%16c(c%17c5c5c%18c6c6c8c8c9c9c%11c%11c%13c%13c%14c%14c%16c%16c%17c5c5c%17c%16c%14c%14c%13c%13c%11c9c9c8c8c6c%18c5c5c%17c%14c%13c9c85)C4C%15C%12C%10C73)ccc2c1. The first-order valence-electron chi connectivity index (χ1n) is 27.0.